The Bertz CT molecular complexity index is 470. The Labute approximate surface area is 102 Å². The molecule has 17 heavy (non-hydrogen) atoms. The van der Waals surface area contributed by atoms with Crippen LogP contribution in [-0.2, 0) is 6.54 Å². The van der Waals surface area contributed by atoms with Gasteiger partial charge in [-0.05, 0) is 44.5 Å². The van der Waals surface area contributed by atoms with E-state index >= 15 is 0 Å². The van der Waals surface area contributed by atoms with Crippen LogP contribution in [0.1, 0.15) is 31.9 Å². The second kappa shape index (κ2) is 4.49. The van der Waals surface area contributed by atoms with Gasteiger partial charge >= 0.3 is 0 Å². The third-order valence-corrected chi connectivity index (χ3v) is 3.76. The van der Waals surface area contributed by atoms with E-state index in [1.165, 1.54) is 36.9 Å². The zero-order chi connectivity index (χ0) is 11.7. The van der Waals surface area contributed by atoms with E-state index in [0.29, 0.717) is 6.04 Å². The van der Waals surface area contributed by atoms with Crippen molar-refractivity contribution in [1.82, 2.24) is 14.9 Å². The van der Waals surface area contributed by atoms with Crippen LogP contribution in [-0.4, -0.2) is 27.5 Å². The summed E-state index contributed by atoms with van der Waals surface area (Å²) in [5.74, 6) is 0. The third kappa shape index (κ3) is 2.20. The molecular formula is C14H19N3. The second-order valence-corrected chi connectivity index (χ2v) is 5.05. The SMILES string of the molecule is CC1CCCCN1Cc1cc2cccnc2[nH]1. The topological polar surface area (TPSA) is 31.9 Å². The summed E-state index contributed by atoms with van der Waals surface area (Å²) in [6, 6.07) is 7.04. The summed E-state index contributed by atoms with van der Waals surface area (Å²) >= 11 is 0. The first-order valence-electron chi connectivity index (χ1n) is 6.49. The van der Waals surface area contributed by atoms with Gasteiger partial charge in [-0.3, -0.25) is 4.90 Å². The molecule has 0 spiro atoms. The minimum Gasteiger partial charge on any atom is -0.342 e. The van der Waals surface area contributed by atoms with Crippen LogP contribution in [0.5, 0.6) is 0 Å². The highest BCUT2D eigenvalue weighted by molar-refractivity contribution is 5.76. The molecule has 0 amide bonds. The zero-order valence-corrected chi connectivity index (χ0v) is 10.3. The number of aromatic amines is 1. The number of hydrogen-bond acceptors (Lipinski definition) is 2. The summed E-state index contributed by atoms with van der Waals surface area (Å²) in [5.41, 5.74) is 2.29. The molecule has 1 unspecified atom stereocenters. The summed E-state index contributed by atoms with van der Waals surface area (Å²) in [4.78, 5) is 10.3. The molecule has 2 aromatic heterocycles. The number of nitrogens with one attached hydrogen (secondary N) is 1. The predicted octanol–water partition coefficient (Wildman–Crippen LogP) is 2.94. The van der Waals surface area contributed by atoms with Crippen LogP contribution in [0, 0.1) is 0 Å². The van der Waals surface area contributed by atoms with Crippen LogP contribution in [0.15, 0.2) is 24.4 Å². The van der Waals surface area contributed by atoms with E-state index in [0.717, 1.165) is 12.2 Å². The maximum absolute atomic E-state index is 4.34. The Kier molecular flexibility index (Phi) is 2.85. The van der Waals surface area contributed by atoms with Gasteiger partial charge in [0.1, 0.15) is 5.65 Å². The molecule has 0 aliphatic carbocycles. The van der Waals surface area contributed by atoms with Crippen molar-refractivity contribution in [3.8, 4) is 0 Å². The summed E-state index contributed by atoms with van der Waals surface area (Å²) in [5, 5.41) is 1.21. The van der Waals surface area contributed by atoms with Crippen molar-refractivity contribution in [3.05, 3.63) is 30.1 Å². The van der Waals surface area contributed by atoms with Crippen molar-refractivity contribution in [1.29, 1.82) is 0 Å². The first-order valence-corrected chi connectivity index (χ1v) is 6.49. The number of fused-ring (bicyclic) bond motifs is 1. The van der Waals surface area contributed by atoms with E-state index < -0.39 is 0 Å². The van der Waals surface area contributed by atoms with Gasteiger partial charge in [0, 0.05) is 29.9 Å². The van der Waals surface area contributed by atoms with Crippen molar-refractivity contribution >= 4 is 11.0 Å². The predicted molar refractivity (Wildman–Crippen MR) is 69.8 cm³/mol. The Morgan fingerprint density at radius 2 is 2.41 bits per heavy atom. The number of aromatic nitrogens is 2. The smallest absolute Gasteiger partial charge is 0.137 e. The fraction of sp³-hybridized carbons (Fsp3) is 0.500. The van der Waals surface area contributed by atoms with Gasteiger partial charge < -0.3 is 4.98 Å². The van der Waals surface area contributed by atoms with E-state index in [2.05, 4.69) is 33.9 Å². The van der Waals surface area contributed by atoms with Crippen LogP contribution < -0.4 is 0 Å². The Morgan fingerprint density at radius 3 is 3.24 bits per heavy atom. The number of likely N-dealkylation sites (tertiary alicyclic amines) is 1. The summed E-state index contributed by atoms with van der Waals surface area (Å²) < 4.78 is 0. The van der Waals surface area contributed by atoms with Crippen molar-refractivity contribution in [3.63, 3.8) is 0 Å². The molecule has 1 saturated heterocycles. The van der Waals surface area contributed by atoms with Crippen LogP contribution in [0.3, 0.4) is 0 Å². The van der Waals surface area contributed by atoms with E-state index in [4.69, 9.17) is 0 Å². The molecule has 1 atom stereocenters. The standard InChI is InChI=1S/C14H19N3/c1-11-5-2-3-8-17(11)10-13-9-12-6-4-7-15-14(12)16-13/h4,6-7,9,11H,2-3,5,8,10H2,1H3,(H,15,16). The van der Waals surface area contributed by atoms with Crippen LogP contribution >= 0.6 is 0 Å². The van der Waals surface area contributed by atoms with Crippen molar-refractivity contribution < 1.29 is 0 Å². The minimum absolute atomic E-state index is 0.711. The average molecular weight is 229 g/mol. The first-order chi connectivity index (χ1) is 8.33. The van der Waals surface area contributed by atoms with Crippen LogP contribution in [0.2, 0.25) is 0 Å². The summed E-state index contributed by atoms with van der Waals surface area (Å²) in [6.07, 6.45) is 5.89. The van der Waals surface area contributed by atoms with Gasteiger partial charge in [0.15, 0.2) is 0 Å². The van der Waals surface area contributed by atoms with Crippen molar-refractivity contribution in [2.45, 2.75) is 38.8 Å². The summed E-state index contributed by atoms with van der Waals surface area (Å²) in [6.45, 7) is 4.58. The summed E-state index contributed by atoms with van der Waals surface area (Å²) in [7, 11) is 0. The number of rotatable bonds is 2. The molecule has 2 aromatic rings. The molecule has 90 valence electrons. The van der Waals surface area contributed by atoms with Gasteiger partial charge in [0.2, 0.25) is 0 Å². The normalized spacial score (nSPS) is 22.1. The van der Waals surface area contributed by atoms with Gasteiger partial charge in [0.25, 0.3) is 0 Å². The highest BCUT2D eigenvalue weighted by Crippen LogP contribution is 2.20. The molecule has 0 aromatic carbocycles. The number of H-pyrrole nitrogens is 1. The highest BCUT2D eigenvalue weighted by atomic mass is 15.2. The Morgan fingerprint density at radius 1 is 1.47 bits per heavy atom. The lowest BCUT2D eigenvalue weighted by Gasteiger charge is -2.32. The van der Waals surface area contributed by atoms with E-state index in [-0.39, 0.29) is 0 Å². The van der Waals surface area contributed by atoms with Crippen LogP contribution in [0.25, 0.3) is 11.0 Å². The highest BCUT2D eigenvalue weighted by Gasteiger charge is 2.18. The molecule has 1 aliphatic heterocycles. The van der Waals surface area contributed by atoms with Crippen molar-refractivity contribution in [2.24, 2.45) is 0 Å². The Balaban J connectivity index is 1.79. The molecule has 0 radical (unpaired) electrons. The fourth-order valence-corrected chi connectivity index (χ4v) is 2.71. The average Bonchev–Trinajstić information content (AvgIpc) is 2.74. The monoisotopic (exact) mass is 229 g/mol. The fourth-order valence-electron chi connectivity index (χ4n) is 2.71. The first kappa shape index (κ1) is 10.8. The molecule has 0 saturated carbocycles. The number of piperidine rings is 1. The number of hydrogen-bond donors (Lipinski definition) is 1. The maximum Gasteiger partial charge on any atom is 0.137 e. The molecule has 3 heterocycles. The third-order valence-electron chi connectivity index (χ3n) is 3.76. The van der Waals surface area contributed by atoms with E-state index in [9.17, 15) is 0 Å². The molecule has 1 aliphatic rings. The zero-order valence-electron chi connectivity index (χ0n) is 10.3. The molecule has 3 nitrogen and oxygen atoms in total. The van der Waals surface area contributed by atoms with Gasteiger partial charge in [-0.1, -0.05) is 6.42 Å². The van der Waals surface area contributed by atoms with Crippen molar-refractivity contribution in [2.75, 3.05) is 6.54 Å². The van der Waals surface area contributed by atoms with Gasteiger partial charge in [-0.2, -0.15) is 0 Å². The second-order valence-electron chi connectivity index (χ2n) is 5.05. The lowest BCUT2D eigenvalue weighted by Crippen LogP contribution is -2.36. The molecule has 1 N–H and O–H groups in total. The molecule has 3 heteroatoms. The molecule has 3 rings (SSSR count). The lowest BCUT2D eigenvalue weighted by molar-refractivity contribution is 0.151. The minimum atomic E-state index is 0.711. The van der Waals surface area contributed by atoms with Gasteiger partial charge in [-0.25, -0.2) is 4.98 Å². The number of nitrogens with zero attached hydrogens (tertiary/aromatic N) is 2. The molecule has 0 bridgehead atoms. The van der Waals surface area contributed by atoms with Crippen LogP contribution in [0.4, 0.5) is 0 Å². The lowest BCUT2D eigenvalue weighted by atomic mass is 10.0. The number of pyridine rings is 1. The molecule has 1 fully saturated rings. The largest absolute Gasteiger partial charge is 0.342 e. The molecular weight excluding hydrogens is 210 g/mol. The quantitative estimate of drug-likeness (QED) is 0.858. The van der Waals surface area contributed by atoms with E-state index in [1.807, 2.05) is 12.3 Å². The van der Waals surface area contributed by atoms with E-state index in [1.54, 1.807) is 0 Å². The van der Waals surface area contributed by atoms with Gasteiger partial charge in [-0.15, -0.1) is 0 Å². The maximum atomic E-state index is 4.34. The van der Waals surface area contributed by atoms with Gasteiger partial charge in [0.05, 0.1) is 0 Å². The Hall–Kier alpha value is -1.35.